The van der Waals surface area contributed by atoms with Crippen LogP contribution in [0.5, 0.6) is 0 Å². The van der Waals surface area contributed by atoms with Gasteiger partial charge in [0.25, 0.3) is 5.91 Å². The van der Waals surface area contributed by atoms with Crippen molar-refractivity contribution < 1.29 is 19.1 Å². The second-order valence-electron chi connectivity index (χ2n) is 8.53. The molecule has 174 valence electrons. The lowest BCUT2D eigenvalue weighted by Crippen LogP contribution is -2.19. The Kier molecular flexibility index (Phi) is 6.35. The normalized spacial score (nSPS) is 12.6. The van der Waals surface area contributed by atoms with E-state index < -0.39 is 5.97 Å². The lowest BCUT2D eigenvalue weighted by molar-refractivity contribution is 0.0475. The first-order valence-corrected chi connectivity index (χ1v) is 11.7. The number of anilines is 1. The highest BCUT2D eigenvalue weighted by molar-refractivity contribution is 6.07. The van der Waals surface area contributed by atoms with E-state index in [0.29, 0.717) is 22.4 Å². The Hall–Kier alpha value is -4.32. The van der Waals surface area contributed by atoms with E-state index in [0.717, 1.165) is 47.8 Å². The predicted octanol–water partition coefficient (Wildman–Crippen LogP) is 5.41. The van der Waals surface area contributed by atoms with E-state index in [9.17, 15) is 14.4 Å². The Morgan fingerprint density at radius 1 is 0.800 bits per heavy atom. The average Bonchev–Trinajstić information content (AvgIpc) is 2.91. The van der Waals surface area contributed by atoms with Crippen molar-refractivity contribution >= 4 is 34.3 Å². The zero-order valence-electron chi connectivity index (χ0n) is 19.1. The van der Waals surface area contributed by atoms with Crippen molar-refractivity contribution in [1.82, 2.24) is 4.98 Å². The van der Waals surface area contributed by atoms with E-state index in [-0.39, 0.29) is 18.3 Å². The third-order valence-electron chi connectivity index (χ3n) is 6.21. The van der Waals surface area contributed by atoms with E-state index in [2.05, 4.69) is 5.32 Å². The number of nitrogens with zero attached hydrogens (tertiary/aromatic N) is 1. The first kappa shape index (κ1) is 22.5. The maximum Gasteiger partial charge on any atom is 0.339 e. The molecule has 0 bridgehead atoms. The maximum absolute atomic E-state index is 13.1. The van der Waals surface area contributed by atoms with Crippen LogP contribution in [0.4, 0.5) is 5.69 Å². The molecule has 0 atom stereocenters. The molecule has 3 aromatic carbocycles. The molecule has 0 saturated heterocycles. The fourth-order valence-corrected chi connectivity index (χ4v) is 4.42. The minimum absolute atomic E-state index is 0.230. The number of fused-ring (bicyclic) bond motifs is 2. The van der Waals surface area contributed by atoms with Crippen LogP contribution in [0.15, 0.2) is 78.9 Å². The molecule has 1 N–H and O–H groups in total. The first-order valence-electron chi connectivity index (χ1n) is 11.7. The number of aryl methyl sites for hydroxylation is 1. The number of nitrogens with one attached hydrogen (secondary N) is 1. The van der Waals surface area contributed by atoms with Gasteiger partial charge in [-0.05, 0) is 73.7 Å². The third kappa shape index (κ3) is 4.82. The summed E-state index contributed by atoms with van der Waals surface area (Å²) in [5.74, 6) is -1.04. The van der Waals surface area contributed by atoms with Gasteiger partial charge in [-0.2, -0.15) is 0 Å². The van der Waals surface area contributed by atoms with Gasteiger partial charge in [0.15, 0.2) is 12.4 Å². The van der Waals surface area contributed by atoms with Crippen molar-refractivity contribution in [3.05, 3.63) is 107 Å². The summed E-state index contributed by atoms with van der Waals surface area (Å²) in [5, 5.41) is 3.55. The Morgan fingerprint density at radius 3 is 2.31 bits per heavy atom. The van der Waals surface area contributed by atoms with Crippen molar-refractivity contribution in [2.75, 3.05) is 11.9 Å². The molecule has 1 heterocycles. The van der Waals surface area contributed by atoms with Crippen molar-refractivity contribution in [3.8, 4) is 0 Å². The van der Waals surface area contributed by atoms with Gasteiger partial charge >= 0.3 is 5.97 Å². The van der Waals surface area contributed by atoms with Crippen LogP contribution in [-0.2, 0) is 17.6 Å². The molecule has 35 heavy (non-hydrogen) atoms. The molecule has 0 aliphatic heterocycles. The van der Waals surface area contributed by atoms with Crippen LogP contribution < -0.4 is 5.32 Å². The number of ketones is 1. The van der Waals surface area contributed by atoms with Crippen molar-refractivity contribution in [2.45, 2.75) is 25.7 Å². The molecule has 6 nitrogen and oxygen atoms in total. The van der Waals surface area contributed by atoms with Gasteiger partial charge in [0, 0.05) is 27.9 Å². The number of esters is 1. The number of hydrogen-bond acceptors (Lipinski definition) is 5. The predicted molar refractivity (Wildman–Crippen MR) is 134 cm³/mol. The summed E-state index contributed by atoms with van der Waals surface area (Å²) >= 11 is 0. The maximum atomic E-state index is 13.1. The summed E-state index contributed by atoms with van der Waals surface area (Å²) < 4.78 is 5.49. The molecule has 0 spiro atoms. The molecule has 0 fully saturated rings. The number of Topliss-reactive ketones (excluding diaryl/α,β-unsaturated/α-hetero) is 1. The Balaban J connectivity index is 1.27. The minimum Gasteiger partial charge on any atom is -0.454 e. The van der Waals surface area contributed by atoms with Crippen molar-refractivity contribution in [3.63, 3.8) is 0 Å². The van der Waals surface area contributed by atoms with Crippen LogP contribution >= 0.6 is 0 Å². The highest BCUT2D eigenvalue weighted by atomic mass is 16.5. The van der Waals surface area contributed by atoms with E-state index in [1.165, 1.54) is 0 Å². The Labute approximate surface area is 203 Å². The standard InChI is InChI=1S/C29H24N2O4/c32-26(19-14-16-21(17-15-19)30-28(33)20-8-2-1-3-9-20)18-35-29(34)27-22-10-4-6-12-24(22)31-25-13-7-5-11-23(25)27/h1-4,6,8-10,12,14-17H,5,7,11,13,18H2,(H,30,33). The summed E-state index contributed by atoms with van der Waals surface area (Å²) in [7, 11) is 0. The zero-order valence-corrected chi connectivity index (χ0v) is 19.1. The average molecular weight is 465 g/mol. The quantitative estimate of drug-likeness (QED) is 0.305. The first-order chi connectivity index (χ1) is 17.1. The number of carbonyl (C=O) groups is 3. The SMILES string of the molecule is O=C(COC(=O)c1c2c(nc3ccccc13)CCCC2)c1ccc(NC(=O)c2ccccc2)cc1. The Morgan fingerprint density at radius 2 is 1.51 bits per heavy atom. The fourth-order valence-electron chi connectivity index (χ4n) is 4.42. The van der Waals surface area contributed by atoms with Crippen LogP contribution in [0, 0.1) is 0 Å². The fraction of sp³-hybridized carbons (Fsp3) is 0.172. The summed E-state index contributed by atoms with van der Waals surface area (Å²) in [6.07, 6.45) is 3.67. The largest absolute Gasteiger partial charge is 0.454 e. The second-order valence-corrected chi connectivity index (χ2v) is 8.53. The van der Waals surface area contributed by atoms with E-state index in [4.69, 9.17) is 9.72 Å². The number of hydrogen-bond donors (Lipinski definition) is 1. The van der Waals surface area contributed by atoms with Crippen LogP contribution in [-0.4, -0.2) is 29.3 Å². The number of ether oxygens (including phenoxy) is 1. The van der Waals surface area contributed by atoms with Crippen LogP contribution in [0.2, 0.25) is 0 Å². The highest BCUT2D eigenvalue weighted by Gasteiger charge is 2.24. The van der Waals surface area contributed by atoms with E-state index >= 15 is 0 Å². The van der Waals surface area contributed by atoms with Crippen LogP contribution in [0.25, 0.3) is 10.9 Å². The molecular formula is C29H24N2O4. The van der Waals surface area contributed by atoms with E-state index in [1.807, 2.05) is 30.3 Å². The van der Waals surface area contributed by atoms with Gasteiger partial charge in [0.1, 0.15) is 0 Å². The van der Waals surface area contributed by atoms with Gasteiger partial charge < -0.3 is 10.1 Å². The summed E-state index contributed by atoms with van der Waals surface area (Å²) in [5.41, 5.74) is 4.69. The lowest BCUT2D eigenvalue weighted by atomic mass is 9.90. The number of rotatable bonds is 6. The van der Waals surface area contributed by atoms with Gasteiger partial charge in [-0.1, -0.05) is 36.4 Å². The van der Waals surface area contributed by atoms with Gasteiger partial charge in [-0.25, -0.2) is 4.79 Å². The number of amides is 1. The lowest BCUT2D eigenvalue weighted by Gasteiger charge is -2.19. The summed E-state index contributed by atoms with van der Waals surface area (Å²) in [6, 6.07) is 23.0. The molecule has 0 radical (unpaired) electrons. The van der Waals surface area contributed by atoms with Gasteiger partial charge in [0.05, 0.1) is 11.1 Å². The minimum atomic E-state index is -0.498. The molecule has 1 aromatic heterocycles. The number of carbonyl (C=O) groups excluding carboxylic acids is 3. The third-order valence-corrected chi connectivity index (χ3v) is 6.21. The molecule has 0 unspecified atom stereocenters. The van der Waals surface area contributed by atoms with Gasteiger partial charge in [-0.3, -0.25) is 14.6 Å². The van der Waals surface area contributed by atoms with Gasteiger partial charge in [-0.15, -0.1) is 0 Å². The summed E-state index contributed by atoms with van der Waals surface area (Å²) in [6.45, 7) is -0.361. The van der Waals surface area contributed by atoms with Crippen LogP contribution in [0.3, 0.4) is 0 Å². The molecule has 1 aliphatic rings. The molecule has 4 aromatic rings. The number of benzene rings is 3. The topological polar surface area (TPSA) is 85.4 Å². The van der Waals surface area contributed by atoms with Gasteiger partial charge in [0.2, 0.25) is 0 Å². The van der Waals surface area contributed by atoms with Crippen molar-refractivity contribution in [1.29, 1.82) is 0 Å². The molecule has 0 saturated carbocycles. The highest BCUT2D eigenvalue weighted by Crippen LogP contribution is 2.29. The number of aromatic nitrogens is 1. The number of pyridine rings is 1. The molecular weight excluding hydrogens is 440 g/mol. The van der Waals surface area contributed by atoms with Crippen molar-refractivity contribution in [2.24, 2.45) is 0 Å². The Bertz CT molecular complexity index is 1410. The molecule has 1 amide bonds. The molecule has 1 aliphatic carbocycles. The molecule has 6 heteroatoms. The second kappa shape index (κ2) is 9.89. The molecule has 5 rings (SSSR count). The monoisotopic (exact) mass is 464 g/mol. The zero-order chi connectivity index (χ0) is 24.2. The van der Waals surface area contributed by atoms with Crippen LogP contribution in [0.1, 0.15) is 55.2 Å². The number of para-hydroxylation sites is 1. The smallest absolute Gasteiger partial charge is 0.339 e. The summed E-state index contributed by atoms with van der Waals surface area (Å²) in [4.78, 5) is 42.9. The van der Waals surface area contributed by atoms with E-state index in [1.54, 1.807) is 48.5 Å².